The predicted molar refractivity (Wildman–Crippen MR) is 93.2 cm³/mol. The number of benzene rings is 2. The summed E-state index contributed by atoms with van der Waals surface area (Å²) in [6.45, 7) is 5.33. The van der Waals surface area contributed by atoms with Crippen molar-refractivity contribution in [2.75, 3.05) is 11.9 Å². The highest BCUT2D eigenvalue weighted by Gasteiger charge is 2.10. The summed E-state index contributed by atoms with van der Waals surface area (Å²) in [5.41, 5.74) is 3.08. The molecule has 0 aliphatic rings. The first-order valence-corrected chi connectivity index (χ1v) is 7.69. The molecule has 0 fully saturated rings. The Balaban J connectivity index is 2.04. The first-order chi connectivity index (χ1) is 11.3. The quantitative estimate of drug-likeness (QED) is 0.857. The van der Waals surface area contributed by atoms with Crippen molar-refractivity contribution in [3.05, 3.63) is 57.6 Å². The number of aromatic carboxylic acids is 1. The van der Waals surface area contributed by atoms with Crippen LogP contribution in [0.1, 0.15) is 27.0 Å². The molecule has 2 aromatic rings. The number of amides is 1. The van der Waals surface area contributed by atoms with Crippen LogP contribution in [0.15, 0.2) is 30.3 Å². The summed E-state index contributed by atoms with van der Waals surface area (Å²) >= 11 is 6.09. The molecule has 5 nitrogen and oxygen atoms in total. The van der Waals surface area contributed by atoms with Gasteiger partial charge in [-0.2, -0.15) is 0 Å². The molecule has 6 heteroatoms. The van der Waals surface area contributed by atoms with Crippen LogP contribution in [-0.4, -0.2) is 23.6 Å². The lowest BCUT2D eigenvalue weighted by atomic mass is 10.1. The average molecular weight is 348 g/mol. The number of carbonyl (C=O) groups is 2. The zero-order chi connectivity index (χ0) is 17.9. The third-order valence-corrected chi connectivity index (χ3v) is 4.13. The van der Waals surface area contributed by atoms with Crippen LogP contribution in [0.2, 0.25) is 5.02 Å². The van der Waals surface area contributed by atoms with E-state index < -0.39 is 5.97 Å². The Morgan fingerprint density at radius 1 is 1.08 bits per heavy atom. The topological polar surface area (TPSA) is 75.6 Å². The lowest BCUT2D eigenvalue weighted by Gasteiger charge is -2.12. The average Bonchev–Trinajstić information content (AvgIpc) is 2.52. The highest BCUT2D eigenvalue weighted by molar-refractivity contribution is 6.32. The fourth-order valence-corrected chi connectivity index (χ4v) is 2.32. The lowest BCUT2D eigenvalue weighted by Crippen LogP contribution is -2.21. The van der Waals surface area contributed by atoms with E-state index in [-0.39, 0.29) is 18.1 Å². The van der Waals surface area contributed by atoms with Gasteiger partial charge in [0.05, 0.1) is 5.56 Å². The van der Waals surface area contributed by atoms with Crippen molar-refractivity contribution in [2.45, 2.75) is 20.8 Å². The molecule has 24 heavy (non-hydrogen) atoms. The van der Waals surface area contributed by atoms with E-state index in [0.29, 0.717) is 16.5 Å². The smallest absolute Gasteiger partial charge is 0.335 e. The number of ether oxygens (including phenoxy) is 1. The normalized spacial score (nSPS) is 10.3. The number of carboxylic acids is 1. The predicted octanol–water partition coefficient (Wildman–Crippen LogP) is 3.98. The van der Waals surface area contributed by atoms with Gasteiger partial charge < -0.3 is 15.2 Å². The van der Waals surface area contributed by atoms with Gasteiger partial charge in [0, 0.05) is 10.7 Å². The number of carbonyl (C=O) groups excluding carboxylic acids is 1. The third-order valence-electron chi connectivity index (χ3n) is 3.54. The molecule has 126 valence electrons. The number of anilines is 1. The molecule has 2 N–H and O–H groups in total. The molecule has 0 radical (unpaired) electrons. The molecule has 1 amide bonds. The van der Waals surface area contributed by atoms with E-state index in [1.807, 2.05) is 13.8 Å². The molecule has 2 rings (SSSR count). The Labute approximate surface area is 145 Å². The summed E-state index contributed by atoms with van der Waals surface area (Å²) in [5, 5.41) is 12.3. The molecule has 0 saturated carbocycles. The van der Waals surface area contributed by atoms with Crippen molar-refractivity contribution in [1.82, 2.24) is 0 Å². The molecule has 0 unspecified atom stereocenters. The van der Waals surface area contributed by atoms with Crippen LogP contribution in [-0.2, 0) is 4.79 Å². The molecule has 0 bridgehead atoms. The van der Waals surface area contributed by atoms with Crippen molar-refractivity contribution in [3.8, 4) is 5.75 Å². The standard InChI is InChI=1S/C18H18ClNO4/c1-10-4-5-13(18(22)23)8-15(10)20-16(21)9-24-14-6-11(2)17(19)12(3)7-14/h4-8H,9H2,1-3H3,(H,20,21)(H,22,23). The number of halogens is 1. The van der Waals surface area contributed by atoms with Crippen LogP contribution >= 0.6 is 11.6 Å². The molecule has 0 aliphatic carbocycles. The minimum Gasteiger partial charge on any atom is -0.484 e. The minimum absolute atomic E-state index is 0.112. The Hall–Kier alpha value is -2.53. The number of rotatable bonds is 5. The number of nitrogens with one attached hydrogen (secondary N) is 1. The summed E-state index contributed by atoms with van der Waals surface area (Å²) in [5.74, 6) is -0.861. The monoisotopic (exact) mass is 347 g/mol. The summed E-state index contributed by atoms with van der Waals surface area (Å²) < 4.78 is 5.49. The number of hydrogen-bond acceptors (Lipinski definition) is 3. The van der Waals surface area contributed by atoms with Crippen LogP contribution in [0.5, 0.6) is 5.75 Å². The van der Waals surface area contributed by atoms with Crippen LogP contribution in [0, 0.1) is 20.8 Å². The molecule has 0 atom stereocenters. The maximum atomic E-state index is 12.0. The van der Waals surface area contributed by atoms with Crippen LogP contribution < -0.4 is 10.1 Å². The maximum Gasteiger partial charge on any atom is 0.335 e. The van der Waals surface area contributed by atoms with Crippen molar-refractivity contribution >= 4 is 29.2 Å². The van der Waals surface area contributed by atoms with E-state index in [4.69, 9.17) is 21.4 Å². The molecule has 0 spiro atoms. The second-order valence-electron chi connectivity index (χ2n) is 5.54. The van der Waals surface area contributed by atoms with E-state index in [2.05, 4.69) is 5.32 Å². The van der Waals surface area contributed by atoms with Gasteiger partial charge in [0.25, 0.3) is 5.91 Å². The molecular weight excluding hydrogens is 330 g/mol. The Morgan fingerprint density at radius 2 is 1.71 bits per heavy atom. The van der Waals surface area contributed by atoms with E-state index in [1.54, 1.807) is 25.1 Å². The van der Waals surface area contributed by atoms with Crippen LogP contribution in [0.25, 0.3) is 0 Å². The zero-order valence-corrected chi connectivity index (χ0v) is 14.4. The third kappa shape index (κ3) is 4.26. The van der Waals surface area contributed by atoms with E-state index in [0.717, 1.165) is 16.7 Å². The second-order valence-corrected chi connectivity index (χ2v) is 5.92. The Morgan fingerprint density at radius 3 is 2.29 bits per heavy atom. The first kappa shape index (κ1) is 17.8. The molecular formula is C18H18ClNO4. The zero-order valence-electron chi connectivity index (χ0n) is 13.6. The van der Waals surface area contributed by atoms with Crippen molar-refractivity contribution in [3.63, 3.8) is 0 Å². The summed E-state index contributed by atoms with van der Waals surface area (Å²) in [4.78, 5) is 23.1. The van der Waals surface area contributed by atoms with Gasteiger partial charge >= 0.3 is 5.97 Å². The first-order valence-electron chi connectivity index (χ1n) is 7.31. The summed E-state index contributed by atoms with van der Waals surface area (Å²) in [6, 6.07) is 8.08. The minimum atomic E-state index is -1.05. The van der Waals surface area contributed by atoms with Gasteiger partial charge in [0.15, 0.2) is 6.61 Å². The van der Waals surface area contributed by atoms with Gasteiger partial charge in [-0.1, -0.05) is 17.7 Å². The second kappa shape index (κ2) is 7.36. The van der Waals surface area contributed by atoms with Gasteiger partial charge in [0.2, 0.25) is 0 Å². The van der Waals surface area contributed by atoms with Gasteiger partial charge in [0.1, 0.15) is 5.75 Å². The molecule has 0 aliphatic heterocycles. The molecule has 0 aromatic heterocycles. The highest BCUT2D eigenvalue weighted by atomic mass is 35.5. The fraction of sp³-hybridized carbons (Fsp3) is 0.222. The summed E-state index contributed by atoms with van der Waals surface area (Å²) in [6.07, 6.45) is 0. The van der Waals surface area contributed by atoms with Crippen molar-refractivity contribution < 1.29 is 19.4 Å². The van der Waals surface area contributed by atoms with Crippen molar-refractivity contribution in [2.24, 2.45) is 0 Å². The van der Waals surface area contributed by atoms with Gasteiger partial charge in [-0.3, -0.25) is 4.79 Å². The Bertz CT molecular complexity index is 779. The molecule has 0 heterocycles. The van der Waals surface area contributed by atoms with E-state index in [9.17, 15) is 9.59 Å². The fourth-order valence-electron chi connectivity index (χ4n) is 2.21. The maximum absolute atomic E-state index is 12.0. The number of carboxylic acid groups (broad SMARTS) is 1. The number of hydrogen-bond donors (Lipinski definition) is 2. The summed E-state index contributed by atoms with van der Waals surface area (Å²) in [7, 11) is 0. The molecule has 0 saturated heterocycles. The number of aryl methyl sites for hydroxylation is 3. The SMILES string of the molecule is Cc1ccc(C(=O)O)cc1NC(=O)COc1cc(C)c(Cl)c(C)c1. The van der Waals surface area contributed by atoms with Gasteiger partial charge in [-0.05, 0) is 61.7 Å². The van der Waals surface area contributed by atoms with Crippen LogP contribution in [0.4, 0.5) is 5.69 Å². The van der Waals surface area contributed by atoms with Gasteiger partial charge in [-0.25, -0.2) is 4.79 Å². The Kier molecular flexibility index (Phi) is 5.46. The van der Waals surface area contributed by atoms with E-state index in [1.165, 1.54) is 12.1 Å². The van der Waals surface area contributed by atoms with Crippen LogP contribution in [0.3, 0.4) is 0 Å². The van der Waals surface area contributed by atoms with Gasteiger partial charge in [-0.15, -0.1) is 0 Å². The largest absolute Gasteiger partial charge is 0.484 e. The van der Waals surface area contributed by atoms with Crippen molar-refractivity contribution in [1.29, 1.82) is 0 Å². The lowest BCUT2D eigenvalue weighted by molar-refractivity contribution is -0.118. The highest BCUT2D eigenvalue weighted by Crippen LogP contribution is 2.26. The molecule has 2 aromatic carbocycles. The van der Waals surface area contributed by atoms with E-state index >= 15 is 0 Å².